The largest absolute Gasteiger partial charge is 0.207 e. The third-order valence-electron chi connectivity index (χ3n) is 1.07. The zero-order chi connectivity index (χ0) is 6.69. The molecule has 3 heteroatoms. The molecule has 1 rings (SSSR count). The number of alkyl halides is 1. The first kappa shape index (κ1) is 10.3. The van der Waals surface area contributed by atoms with E-state index in [1.54, 1.807) is 12.1 Å². The second kappa shape index (κ2) is 4.98. The van der Waals surface area contributed by atoms with Crippen LogP contribution in [-0.4, -0.2) is 0 Å². The first-order chi connectivity index (χ1) is 4.33. The zero-order valence-corrected chi connectivity index (χ0v) is 10.0. The van der Waals surface area contributed by atoms with Crippen LogP contribution in [0.5, 0.6) is 0 Å². The summed E-state index contributed by atoms with van der Waals surface area (Å²) >= 11 is 3.26. The van der Waals surface area contributed by atoms with Gasteiger partial charge in [-0.25, -0.2) is 4.39 Å². The van der Waals surface area contributed by atoms with Gasteiger partial charge in [0.15, 0.2) is 0 Å². The third-order valence-corrected chi connectivity index (χ3v) is 1.72. The second-order valence-electron chi connectivity index (χ2n) is 1.76. The summed E-state index contributed by atoms with van der Waals surface area (Å²) in [5, 5.41) is 0.785. The molecule has 0 spiro atoms. The van der Waals surface area contributed by atoms with E-state index in [4.69, 9.17) is 0 Å². The predicted octanol–water partition coefficient (Wildman–Crippen LogP) is 2.72. The van der Waals surface area contributed by atoms with Crippen molar-refractivity contribution in [2.75, 3.05) is 0 Å². The van der Waals surface area contributed by atoms with Gasteiger partial charge < -0.3 is 0 Å². The van der Waals surface area contributed by atoms with Crippen molar-refractivity contribution in [2.24, 2.45) is 0 Å². The molecule has 10 heavy (non-hydrogen) atoms. The number of rotatable bonds is 1. The van der Waals surface area contributed by atoms with Crippen LogP contribution in [0.1, 0.15) is 5.56 Å². The summed E-state index contributed by atoms with van der Waals surface area (Å²) in [6.07, 6.45) is 0. The maximum atomic E-state index is 12.2. The minimum atomic E-state index is -0.181. The molecular formula is C7H6BrFZn. The van der Waals surface area contributed by atoms with Crippen LogP contribution in [0.4, 0.5) is 4.39 Å². The fourth-order valence-electron chi connectivity index (χ4n) is 0.573. The first-order valence-corrected chi connectivity index (χ1v) is 3.75. The zero-order valence-electron chi connectivity index (χ0n) is 5.48. The Labute approximate surface area is 80.7 Å². The van der Waals surface area contributed by atoms with Gasteiger partial charge in [0.25, 0.3) is 0 Å². The van der Waals surface area contributed by atoms with E-state index < -0.39 is 0 Å². The van der Waals surface area contributed by atoms with E-state index in [9.17, 15) is 4.39 Å². The Morgan fingerprint density at radius 2 is 1.70 bits per heavy atom. The topological polar surface area (TPSA) is 0 Å². The van der Waals surface area contributed by atoms with Crippen LogP contribution in [-0.2, 0) is 24.8 Å². The first-order valence-electron chi connectivity index (χ1n) is 2.63. The molecule has 0 nitrogen and oxygen atoms in total. The molecule has 50 valence electrons. The van der Waals surface area contributed by atoms with Crippen LogP contribution in [0, 0.1) is 5.82 Å². The molecule has 1 aromatic rings. The summed E-state index contributed by atoms with van der Waals surface area (Å²) in [7, 11) is 0. The van der Waals surface area contributed by atoms with E-state index in [0.717, 1.165) is 10.9 Å². The summed E-state index contributed by atoms with van der Waals surface area (Å²) in [6.45, 7) is 0. The van der Waals surface area contributed by atoms with Crippen LogP contribution in [0.15, 0.2) is 24.3 Å². The van der Waals surface area contributed by atoms with E-state index in [-0.39, 0.29) is 25.3 Å². The smallest absolute Gasteiger partial charge is 0.123 e. The molecule has 0 saturated heterocycles. The SMILES string of the molecule is Fc1ccc(CBr)cc1.[Zn]. The van der Waals surface area contributed by atoms with Crippen molar-refractivity contribution >= 4 is 15.9 Å². The molecule has 0 aliphatic rings. The molecule has 0 N–H and O–H groups in total. The van der Waals surface area contributed by atoms with Gasteiger partial charge in [0.1, 0.15) is 5.82 Å². The van der Waals surface area contributed by atoms with Crippen molar-refractivity contribution in [1.29, 1.82) is 0 Å². The molecule has 0 heterocycles. The molecule has 0 atom stereocenters. The maximum Gasteiger partial charge on any atom is 0.123 e. The third kappa shape index (κ3) is 2.89. The summed E-state index contributed by atoms with van der Waals surface area (Å²) in [5.74, 6) is -0.181. The van der Waals surface area contributed by atoms with Crippen LogP contribution in [0.3, 0.4) is 0 Å². The minimum Gasteiger partial charge on any atom is -0.207 e. The predicted molar refractivity (Wildman–Crippen MR) is 39.0 cm³/mol. The summed E-state index contributed by atoms with van der Waals surface area (Å²) < 4.78 is 12.2. The van der Waals surface area contributed by atoms with Crippen molar-refractivity contribution in [2.45, 2.75) is 5.33 Å². The van der Waals surface area contributed by atoms with Crippen LogP contribution < -0.4 is 0 Å². The number of benzene rings is 1. The Balaban J connectivity index is 0.000000810. The van der Waals surface area contributed by atoms with Crippen molar-refractivity contribution in [1.82, 2.24) is 0 Å². The molecular weight excluding hydrogens is 248 g/mol. The fourth-order valence-corrected chi connectivity index (χ4v) is 0.947. The van der Waals surface area contributed by atoms with Gasteiger partial charge in [0.05, 0.1) is 0 Å². The number of hydrogen-bond donors (Lipinski definition) is 0. The van der Waals surface area contributed by atoms with Crippen molar-refractivity contribution < 1.29 is 23.9 Å². The molecule has 0 saturated carbocycles. The molecule has 0 radical (unpaired) electrons. The van der Waals surface area contributed by atoms with E-state index in [2.05, 4.69) is 15.9 Å². The van der Waals surface area contributed by atoms with Crippen LogP contribution >= 0.6 is 15.9 Å². The molecule has 0 unspecified atom stereocenters. The van der Waals surface area contributed by atoms with Gasteiger partial charge in [0, 0.05) is 24.8 Å². The Morgan fingerprint density at radius 3 is 2.10 bits per heavy atom. The number of hydrogen-bond acceptors (Lipinski definition) is 0. The monoisotopic (exact) mass is 252 g/mol. The summed E-state index contributed by atoms with van der Waals surface area (Å²) in [6, 6.07) is 6.42. The van der Waals surface area contributed by atoms with Gasteiger partial charge in [-0.3, -0.25) is 0 Å². The van der Waals surface area contributed by atoms with Crippen LogP contribution in [0.25, 0.3) is 0 Å². The maximum absolute atomic E-state index is 12.2. The molecule has 0 bridgehead atoms. The van der Waals surface area contributed by atoms with E-state index >= 15 is 0 Å². The average Bonchev–Trinajstić information content (AvgIpc) is 1.90. The number of halogens is 2. The summed E-state index contributed by atoms with van der Waals surface area (Å²) in [5.41, 5.74) is 1.09. The van der Waals surface area contributed by atoms with E-state index in [1.165, 1.54) is 12.1 Å². The molecule has 0 amide bonds. The Hall–Kier alpha value is 0.253. The molecule has 0 aliphatic carbocycles. The van der Waals surface area contributed by atoms with Crippen molar-refractivity contribution in [3.63, 3.8) is 0 Å². The van der Waals surface area contributed by atoms with Gasteiger partial charge in [-0.15, -0.1) is 0 Å². The van der Waals surface area contributed by atoms with Crippen molar-refractivity contribution in [3.8, 4) is 0 Å². The molecule has 0 aromatic heterocycles. The Morgan fingerprint density at radius 1 is 1.20 bits per heavy atom. The molecule has 0 aliphatic heterocycles. The second-order valence-corrected chi connectivity index (χ2v) is 2.32. The van der Waals surface area contributed by atoms with E-state index in [1.807, 2.05) is 0 Å². The van der Waals surface area contributed by atoms with Gasteiger partial charge in [0.2, 0.25) is 0 Å². The molecule has 1 aromatic carbocycles. The quantitative estimate of drug-likeness (QED) is 0.534. The summed E-state index contributed by atoms with van der Waals surface area (Å²) in [4.78, 5) is 0. The van der Waals surface area contributed by atoms with Gasteiger partial charge in [-0.05, 0) is 17.7 Å². The fraction of sp³-hybridized carbons (Fsp3) is 0.143. The van der Waals surface area contributed by atoms with Crippen molar-refractivity contribution in [3.05, 3.63) is 35.6 Å². The Bertz CT molecular complexity index is 185. The Kier molecular flexibility index (Phi) is 5.10. The van der Waals surface area contributed by atoms with Gasteiger partial charge in [-0.2, -0.15) is 0 Å². The standard InChI is InChI=1S/C7H6BrF.Zn/c8-5-6-1-3-7(9)4-2-6;/h1-4H,5H2;. The van der Waals surface area contributed by atoms with E-state index in [0.29, 0.717) is 0 Å². The van der Waals surface area contributed by atoms with Crippen LogP contribution in [0.2, 0.25) is 0 Å². The van der Waals surface area contributed by atoms with Gasteiger partial charge >= 0.3 is 0 Å². The normalized spacial score (nSPS) is 8.60. The average molecular weight is 254 g/mol. The minimum absolute atomic E-state index is 0. The molecule has 0 fully saturated rings. The van der Waals surface area contributed by atoms with Gasteiger partial charge in [-0.1, -0.05) is 28.1 Å².